The fraction of sp³-hybridized carbons (Fsp3) is 0.286. The van der Waals surface area contributed by atoms with Gasteiger partial charge in [-0.1, -0.05) is 19.1 Å². The lowest BCUT2D eigenvalue weighted by Gasteiger charge is -2.22. The Balaban J connectivity index is 1.60. The maximum absolute atomic E-state index is 12.9. The summed E-state index contributed by atoms with van der Waals surface area (Å²) in [5.74, 6) is 1.35. The highest BCUT2D eigenvalue weighted by Gasteiger charge is 2.24. The molecule has 0 saturated carbocycles. The summed E-state index contributed by atoms with van der Waals surface area (Å²) in [4.78, 5) is 14.2. The summed E-state index contributed by atoms with van der Waals surface area (Å²) in [6.45, 7) is 3.42. The van der Waals surface area contributed by atoms with Crippen molar-refractivity contribution in [2.24, 2.45) is 0 Å². The second-order valence-corrected chi connectivity index (χ2v) is 8.10. The third kappa shape index (κ3) is 3.25. The van der Waals surface area contributed by atoms with E-state index in [4.69, 9.17) is 9.47 Å². The van der Waals surface area contributed by atoms with Gasteiger partial charge in [-0.15, -0.1) is 11.8 Å². The standard InChI is InChI=1S/C21H22N2O3S/c1-13-12-23-17(9-14-5-4-6-19(27-13)20(14)23)21(24)22-11-15-7-8-16(25-2)10-18(15)26-3/h4-10,13H,11-12H2,1-3H3,(H,22,24). The molecule has 3 aromatic rings. The highest BCUT2D eigenvalue weighted by molar-refractivity contribution is 8.00. The molecular formula is C21H22N2O3S. The van der Waals surface area contributed by atoms with Crippen LogP contribution in [0.15, 0.2) is 47.4 Å². The predicted octanol–water partition coefficient (Wildman–Crippen LogP) is 4.08. The number of benzene rings is 2. The molecule has 1 aliphatic heterocycles. The molecular weight excluding hydrogens is 360 g/mol. The molecule has 2 heterocycles. The Hall–Kier alpha value is -2.60. The van der Waals surface area contributed by atoms with E-state index in [9.17, 15) is 4.79 Å². The van der Waals surface area contributed by atoms with Crippen LogP contribution < -0.4 is 14.8 Å². The summed E-state index contributed by atoms with van der Waals surface area (Å²) < 4.78 is 12.8. The Morgan fingerprint density at radius 3 is 2.85 bits per heavy atom. The number of amides is 1. The number of aromatic nitrogens is 1. The molecule has 0 radical (unpaired) electrons. The predicted molar refractivity (Wildman–Crippen MR) is 108 cm³/mol. The van der Waals surface area contributed by atoms with Crippen molar-refractivity contribution in [3.63, 3.8) is 0 Å². The quantitative estimate of drug-likeness (QED) is 0.722. The number of methoxy groups -OCH3 is 2. The van der Waals surface area contributed by atoms with E-state index < -0.39 is 0 Å². The molecule has 4 rings (SSSR count). The number of para-hydroxylation sites is 1. The molecule has 6 heteroatoms. The molecule has 1 aromatic heterocycles. The zero-order chi connectivity index (χ0) is 19.0. The molecule has 5 nitrogen and oxygen atoms in total. The molecule has 0 aliphatic carbocycles. The van der Waals surface area contributed by atoms with Crippen molar-refractivity contribution in [3.8, 4) is 11.5 Å². The molecule has 140 valence electrons. The Labute approximate surface area is 162 Å². The summed E-state index contributed by atoms with van der Waals surface area (Å²) in [5.41, 5.74) is 2.77. The van der Waals surface area contributed by atoms with Gasteiger partial charge in [-0.25, -0.2) is 0 Å². The van der Waals surface area contributed by atoms with Crippen molar-refractivity contribution in [1.29, 1.82) is 0 Å². The van der Waals surface area contributed by atoms with Gasteiger partial charge in [0.05, 0.1) is 19.7 Å². The van der Waals surface area contributed by atoms with Gasteiger partial charge < -0.3 is 19.4 Å². The molecule has 0 bridgehead atoms. The van der Waals surface area contributed by atoms with Crippen LogP contribution in [0.1, 0.15) is 23.0 Å². The number of rotatable bonds is 5. The maximum Gasteiger partial charge on any atom is 0.268 e. The molecule has 2 aromatic carbocycles. The Morgan fingerprint density at radius 1 is 1.22 bits per heavy atom. The van der Waals surface area contributed by atoms with E-state index in [0.717, 1.165) is 28.8 Å². The zero-order valence-corrected chi connectivity index (χ0v) is 16.4. The molecule has 1 N–H and O–H groups in total. The van der Waals surface area contributed by atoms with Crippen molar-refractivity contribution in [3.05, 3.63) is 53.7 Å². The number of thioether (sulfide) groups is 1. The lowest BCUT2D eigenvalue weighted by Crippen LogP contribution is -2.27. The number of carbonyl (C=O) groups excluding carboxylic acids is 1. The first-order chi connectivity index (χ1) is 13.1. The van der Waals surface area contributed by atoms with Gasteiger partial charge in [-0.3, -0.25) is 4.79 Å². The second kappa shape index (κ2) is 7.19. The largest absolute Gasteiger partial charge is 0.497 e. The first kappa shape index (κ1) is 17.8. The summed E-state index contributed by atoms with van der Waals surface area (Å²) in [6, 6.07) is 13.8. The number of ether oxygens (including phenoxy) is 2. The van der Waals surface area contributed by atoms with Crippen molar-refractivity contribution < 1.29 is 14.3 Å². The van der Waals surface area contributed by atoms with Crippen LogP contribution in [0.2, 0.25) is 0 Å². The maximum atomic E-state index is 12.9. The number of nitrogens with zero attached hydrogens (tertiary/aromatic N) is 1. The Morgan fingerprint density at radius 2 is 2.07 bits per heavy atom. The third-order valence-corrected chi connectivity index (χ3v) is 5.95. The zero-order valence-electron chi connectivity index (χ0n) is 15.6. The fourth-order valence-corrected chi connectivity index (χ4v) is 4.69. The van der Waals surface area contributed by atoms with Crippen LogP contribution in [0, 0.1) is 0 Å². The van der Waals surface area contributed by atoms with E-state index in [1.165, 1.54) is 4.90 Å². The molecule has 0 fully saturated rings. The van der Waals surface area contributed by atoms with Gasteiger partial charge >= 0.3 is 0 Å². The smallest absolute Gasteiger partial charge is 0.268 e. The van der Waals surface area contributed by atoms with E-state index in [2.05, 4.69) is 35.0 Å². The van der Waals surface area contributed by atoms with Gasteiger partial charge in [-0.2, -0.15) is 0 Å². The summed E-state index contributed by atoms with van der Waals surface area (Å²) in [5, 5.41) is 4.58. The van der Waals surface area contributed by atoms with Gasteiger partial charge in [0.2, 0.25) is 0 Å². The van der Waals surface area contributed by atoms with Crippen molar-refractivity contribution in [1.82, 2.24) is 9.88 Å². The van der Waals surface area contributed by atoms with Gasteiger partial charge in [-0.05, 0) is 24.3 Å². The number of hydrogen-bond acceptors (Lipinski definition) is 4. The fourth-order valence-electron chi connectivity index (χ4n) is 3.54. The van der Waals surface area contributed by atoms with Crippen LogP contribution in [0.5, 0.6) is 11.5 Å². The molecule has 1 aliphatic rings. The number of nitrogens with one attached hydrogen (secondary N) is 1. The van der Waals surface area contributed by atoms with Crippen LogP contribution in [-0.2, 0) is 13.1 Å². The summed E-state index contributed by atoms with van der Waals surface area (Å²) in [7, 11) is 3.23. The second-order valence-electron chi connectivity index (χ2n) is 6.62. The normalized spacial score (nSPS) is 15.6. The van der Waals surface area contributed by atoms with Crippen molar-refractivity contribution in [2.75, 3.05) is 14.2 Å². The van der Waals surface area contributed by atoms with Gasteiger partial charge in [0.1, 0.15) is 17.2 Å². The van der Waals surface area contributed by atoms with E-state index in [0.29, 0.717) is 23.2 Å². The molecule has 1 unspecified atom stereocenters. The van der Waals surface area contributed by atoms with Crippen molar-refractivity contribution >= 4 is 28.6 Å². The minimum atomic E-state index is -0.0749. The number of hydrogen-bond donors (Lipinski definition) is 1. The highest BCUT2D eigenvalue weighted by atomic mass is 32.2. The minimum Gasteiger partial charge on any atom is -0.497 e. The molecule has 27 heavy (non-hydrogen) atoms. The van der Waals surface area contributed by atoms with Crippen LogP contribution in [0.25, 0.3) is 10.9 Å². The van der Waals surface area contributed by atoms with E-state index >= 15 is 0 Å². The Kier molecular flexibility index (Phi) is 4.74. The monoisotopic (exact) mass is 382 g/mol. The van der Waals surface area contributed by atoms with Crippen molar-refractivity contribution in [2.45, 2.75) is 30.2 Å². The highest BCUT2D eigenvalue weighted by Crippen LogP contribution is 2.38. The third-order valence-electron chi connectivity index (χ3n) is 4.82. The molecule has 0 spiro atoms. The van der Waals surface area contributed by atoms with Gasteiger partial charge in [0.15, 0.2) is 0 Å². The Bertz CT molecular complexity index is 1010. The molecule has 1 amide bonds. The summed E-state index contributed by atoms with van der Waals surface area (Å²) >= 11 is 1.87. The average Bonchev–Trinajstić information content (AvgIpc) is 3.05. The van der Waals surface area contributed by atoms with Crippen LogP contribution in [-0.4, -0.2) is 29.9 Å². The summed E-state index contributed by atoms with van der Waals surface area (Å²) in [6.07, 6.45) is 0. The lowest BCUT2D eigenvalue weighted by atomic mass is 10.2. The first-order valence-electron chi connectivity index (χ1n) is 8.88. The molecule has 0 saturated heterocycles. The van der Waals surface area contributed by atoms with Crippen LogP contribution >= 0.6 is 11.8 Å². The minimum absolute atomic E-state index is 0.0749. The topological polar surface area (TPSA) is 52.5 Å². The van der Waals surface area contributed by atoms with E-state index in [-0.39, 0.29) is 5.91 Å². The van der Waals surface area contributed by atoms with Gasteiger partial charge in [0, 0.05) is 40.3 Å². The molecule has 1 atom stereocenters. The SMILES string of the molecule is COc1ccc(CNC(=O)c2cc3cccc4c3n2CC(C)S4)c(OC)c1. The van der Waals surface area contributed by atoms with Crippen LogP contribution in [0.3, 0.4) is 0 Å². The first-order valence-corrected chi connectivity index (χ1v) is 9.76. The van der Waals surface area contributed by atoms with Crippen LogP contribution in [0.4, 0.5) is 0 Å². The van der Waals surface area contributed by atoms with Gasteiger partial charge in [0.25, 0.3) is 5.91 Å². The van der Waals surface area contributed by atoms with E-state index in [1.807, 2.05) is 36.0 Å². The number of carbonyl (C=O) groups is 1. The lowest BCUT2D eigenvalue weighted by molar-refractivity contribution is 0.0941. The van der Waals surface area contributed by atoms with E-state index in [1.54, 1.807) is 14.2 Å². The average molecular weight is 382 g/mol.